The van der Waals surface area contributed by atoms with Crippen molar-refractivity contribution in [2.45, 2.75) is 63.6 Å². The molecule has 1 atom stereocenters. The molecule has 0 aromatic heterocycles. The van der Waals surface area contributed by atoms with Gasteiger partial charge in [-0.1, -0.05) is 6.92 Å². The number of rotatable bonds is 9. The van der Waals surface area contributed by atoms with Crippen molar-refractivity contribution in [3.05, 3.63) is 0 Å². The van der Waals surface area contributed by atoms with E-state index in [-0.39, 0.29) is 0 Å². The molecular weight excluding hydrogens is 200 g/mol. The van der Waals surface area contributed by atoms with Gasteiger partial charge in [0, 0.05) is 18.1 Å². The summed E-state index contributed by atoms with van der Waals surface area (Å²) in [6.07, 6.45) is 7.73. The van der Waals surface area contributed by atoms with Gasteiger partial charge in [0.25, 0.3) is 0 Å². The zero-order valence-corrected chi connectivity index (χ0v) is 10.5. The zero-order valence-electron chi connectivity index (χ0n) is 10.5. The molecule has 2 rings (SSSR count). The Morgan fingerprint density at radius 3 is 2.50 bits per heavy atom. The molecule has 2 aliphatic rings. The standard InChI is InChI=1S/C13H26N2O/c1-2-8-15(13-5-6-13)9-7-12(10-16)14-11-3-4-11/h11-14,16H,2-10H2,1H3. The second-order valence-corrected chi connectivity index (χ2v) is 5.38. The summed E-state index contributed by atoms with van der Waals surface area (Å²) in [5.41, 5.74) is 0. The van der Waals surface area contributed by atoms with Crippen LogP contribution < -0.4 is 5.32 Å². The molecule has 0 spiro atoms. The summed E-state index contributed by atoms with van der Waals surface area (Å²) in [6.45, 7) is 4.93. The first-order chi connectivity index (χ1) is 7.83. The van der Waals surface area contributed by atoms with Crippen LogP contribution in [0.25, 0.3) is 0 Å². The molecule has 3 nitrogen and oxygen atoms in total. The van der Waals surface area contributed by atoms with Gasteiger partial charge in [0.1, 0.15) is 0 Å². The van der Waals surface area contributed by atoms with Gasteiger partial charge in [-0.05, 0) is 51.6 Å². The van der Waals surface area contributed by atoms with E-state index in [2.05, 4.69) is 17.1 Å². The van der Waals surface area contributed by atoms with E-state index in [1.54, 1.807) is 0 Å². The van der Waals surface area contributed by atoms with Crippen molar-refractivity contribution in [3.8, 4) is 0 Å². The Labute approximate surface area is 99.2 Å². The summed E-state index contributed by atoms with van der Waals surface area (Å²) in [6, 6.07) is 1.89. The van der Waals surface area contributed by atoms with Crippen LogP contribution >= 0.6 is 0 Å². The zero-order chi connectivity index (χ0) is 11.4. The van der Waals surface area contributed by atoms with E-state index in [9.17, 15) is 5.11 Å². The Balaban J connectivity index is 1.65. The minimum absolute atomic E-state index is 0.293. The predicted molar refractivity (Wildman–Crippen MR) is 66.5 cm³/mol. The van der Waals surface area contributed by atoms with Crippen LogP contribution in [0.1, 0.15) is 45.4 Å². The molecule has 0 aromatic carbocycles. The molecule has 0 heterocycles. The highest BCUT2D eigenvalue weighted by Gasteiger charge is 2.29. The number of nitrogens with one attached hydrogen (secondary N) is 1. The van der Waals surface area contributed by atoms with Gasteiger partial charge >= 0.3 is 0 Å². The van der Waals surface area contributed by atoms with E-state index in [4.69, 9.17) is 0 Å². The average Bonchev–Trinajstić information content (AvgIpc) is 3.15. The van der Waals surface area contributed by atoms with E-state index in [0.717, 1.165) is 19.0 Å². The van der Waals surface area contributed by atoms with Gasteiger partial charge in [-0.3, -0.25) is 0 Å². The molecule has 0 amide bonds. The summed E-state index contributed by atoms with van der Waals surface area (Å²) in [4.78, 5) is 2.61. The van der Waals surface area contributed by atoms with Crippen LogP contribution in [-0.2, 0) is 0 Å². The van der Waals surface area contributed by atoms with Crippen molar-refractivity contribution in [1.29, 1.82) is 0 Å². The summed E-state index contributed by atoms with van der Waals surface area (Å²) >= 11 is 0. The molecule has 94 valence electrons. The van der Waals surface area contributed by atoms with Crippen LogP contribution in [0.4, 0.5) is 0 Å². The van der Waals surface area contributed by atoms with E-state index < -0.39 is 0 Å². The topological polar surface area (TPSA) is 35.5 Å². The van der Waals surface area contributed by atoms with Gasteiger partial charge in [-0.25, -0.2) is 0 Å². The first kappa shape index (κ1) is 12.3. The highest BCUT2D eigenvalue weighted by molar-refractivity contribution is 4.87. The van der Waals surface area contributed by atoms with Crippen LogP contribution in [0.3, 0.4) is 0 Å². The monoisotopic (exact) mass is 226 g/mol. The van der Waals surface area contributed by atoms with Crippen molar-refractivity contribution in [2.24, 2.45) is 0 Å². The summed E-state index contributed by atoms with van der Waals surface area (Å²) < 4.78 is 0. The van der Waals surface area contributed by atoms with Crippen molar-refractivity contribution in [2.75, 3.05) is 19.7 Å². The third-order valence-electron chi connectivity index (χ3n) is 3.61. The molecule has 0 aliphatic heterocycles. The normalized spacial score (nSPS) is 22.7. The van der Waals surface area contributed by atoms with Gasteiger partial charge in [-0.2, -0.15) is 0 Å². The Morgan fingerprint density at radius 1 is 1.25 bits per heavy atom. The van der Waals surface area contributed by atoms with Gasteiger partial charge in [-0.15, -0.1) is 0 Å². The molecule has 0 radical (unpaired) electrons. The fraction of sp³-hybridized carbons (Fsp3) is 1.00. The average molecular weight is 226 g/mol. The Bertz CT molecular complexity index is 202. The largest absolute Gasteiger partial charge is 0.395 e. The number of hydrogen-bond donors (Lipinski definition) is 2. The number of aliphatic hydroxyl groups excluding tert-OH is 1. The number of nitrogens with zero attached hydrogens (tertiary/aromatic N) is 1. The van der Waals surface area contributed by atoms with E-state index in [1.165, 1.54) is 38.6 Å². The van der Waals surface area contributed by atoms with Gasteiger partial charge in [0.05, 0.1) is 6.61 Å². The van der Waals surface area contributed by atoms with Crippen LogP contribution in [0, 0.1) is 0 Å². The minimum atomic E-state index is 0.293. The van der Waals surface area contributed by atoms with Crippen molar-refractivity contribution in [1.82, 2.24) is 10.2 Å². The third-order valence-corrected chi connectivity index (χ3v) is 3.61. The highest BCUT2D eigenvalue weighted by Crippen LogP contribution is 2.27. The number of aliphatic hydroxyl groups is 1. The second kappa shape index (κ2) is 5.99. The first-order valence-corrected chi connectivity index (χ1v) is 6.94. The lowest BCUT2D eigenvalue weighted by molar-refractivity contribution is 0.200. The van der Waals surface area contributed by atoms with Crippen molar-refractivity contribution < 1.29 is 5.11 Å². The summed E-state index contributed by atoms with van der Waals surface area (Å²) in [5, 5.41) is 12.8. The second-order valence-electron chi connectivity index (χ2n) is 5.38. The molecular formula is C13H26N2O. The molecule has 2 fully saturated rings. The third kappa shape index (κ3) is 4.04. The van der Waals surface area contributed by atoms with Gasteiger partial charge in [0.15, 0.2) is 0 Å². The lowest BCUT2D eigenvalue weighted by Crippen LogP contribution is -2.38. The van der Waals surface area contributed by atoms with E-state index in [0.29, 0.717) is 18.7 Å². The maximum Gasteiger partial charge on any atom is 0.0585 e. The minimum Gasteiger partial charge on any atom is -0.395 e. The molecule has 2 aliphatic carbocycles. The summed E-state index contributed by atoms with van der Waals surface area (Å²) in [7, 11) is 0. The molecule has 16 heavy (non-hydrogen) atoms. The Hall–Kier alpha value is -0.120. The SMILES string of the molecule is CCCN(CCC(CO)NC1CC1)C1CC1. The fourth-order valence-corrected chi connectivity index (χ4v) is 2.34. The molecule has 2 saturated carbocycles. The Morgan fingerprint density at radius 2 is 2.00 bits per heavy atom. The van der Waals surface area contributed by atoms with Crippen LogP contribution in [0.2, 0.25) is 0 Å². The quantitative estimate of drug-likeness (QED) is 0.623. The predicted octanol–water partition coefficient (Wildman–Crippen LogP) is 1.36. The van der Waals surface area contributed by atoms with E-state index >= 15 is 0 Å². The fourth-order valence-electron chi connectivity index (χ4n) is 2.34. The molecule has 2 N–H and O–H groups in total. The number of hydrogen-bond acceptors (Lipinski definition) is 3. The van der Waals surface area contributed by atoms with Gasteiger partial charge in [0.2, 0.25) is 0 Å². The molecule has 0 saturated heterocycles. The van der Waals surface area contributed by atoms with Gasteiger partial charge < -0.3 is 15.3 Å². The lowest BCUT2D eigenvalue weighted by Gasteiger charge is -2.24. The maximum absolute atomic E-state index is 9.32. The molecule has 0 bridgehead atoms. The molecule has 0 aromatic rings. The van der Waals surface area contributed by atoms with Crippen LogP contribution in [0.15, 0.2) is 0 Å². The highest BCUT2D eigenvalue weighted by atomic mass is 16.3. The van der Waals surface area contributed by atoms with Crippen LogP contribution in [-0.4, -0.2) is 47.8 Å². The Kier molecular flexibility index (Phi) is 4.62. The lowest BCUT2D eigenvalue weighted by atomic mass is 10.2. The van der Waals surface area contributed by atoms with E-state index in [1.807, 2.05) is 0 Å². The molecule has 3 heteroatoms. The van der Waals surface area contributed by atoms with Crippen molar-refractivity contribution in [3.63, 3.8) is 0 Å². The molecule has 1 unspecified atom stereocenters. The van der Waals surface area contributed by atoms with Crippen LogP contribution in [0.5, 0.6) is 0 Å². The maximum atomic E-state index is 9.32. The first-order valence-electron chi connectivity index (χ1n) is 6.94. The summed E-state index contributed by atoms with van der Waals surface area (Å²) in [5.74, 6) is 0. The van der Waals surface area contributed by atoms with Crippen molar-refractivity contribution >= 4 is 0 Å². The smallest absolute Gasteiger partial charge is 0.0585 e.